The van der Waals surface area contributed by atoms with E-state index in [-0.39, 0.29) is 24.4 Å². The minimum Gasteiger partial charge on any atom is -0.481 e. The zero-order chi connectivity index (χ0) is 15.2. The summed E-state index contributed by atoms with van der Waals surface area (Å²) in [6.07, 6.45) is 2.65. The summed E-state index contributed by atoms with van der Waals surface area (Å²) in [5.74, 6) is -0.828. The van der Waals surface area contributed by atoms with Crippen molar-refractivity contribution in [2.75, 3.05) is 6.54 Å². The molecule has 0 saturated carbocycles. The Morgan fingerprint density at radius 2 is 2.05 bits per heavy atom. The molecule has 1 aliphatic heterocycles. The van der Waals surface area contributed by atoms with Crippen LogP contribution in [0.2, 0.25) is 0 Å². The predicted octanol–water partition coefficient (Wildman–Crippen LogP) is 1.93. The van der Waals surface area contributed by atoms with Crippen LogP contribution in [0.3, 0.4) is 0 Å². The van der Waals surface area contributed by atoms with Crippen molar-refractivity contribution in [3.8, 4) is 0 Å². The Hall–Kier alpha value is -1.88. The van der Waals surface area contributed by atoms with Crippen LogP contribution in [0.15, 0.2) is 30.3 Å². The number of benzene rings is 1. The molecule has 21 heavy (non-hydrogen) atoms. The maximum Gasteiger partial charge on any atom is 0.305 e. The van der Waals surface area contributed by atoms with Gasteiger partial charge >= 0.3 is 5.97 Å². The van der Waals surface area contributed by atoms with Crippen LogP contribution in [0.1, 0.15) is 43.7 Å². The Balaban J connectivity index is 1.85. The number of nitrogens with two attached hydrogens (primary N) is 1. The van der Waals surface area contributed by atoms with E-state index in [1.807, 2.05) is 30.3 Å². The lowest BCUT2D eigenvalue weighted by Gasteiger charge is -2.24. The van der Waals surface area contributed by atoms with Gasteiger partial charge in [0.05, 0.1) is 6.42 Å². The highest BCUT2D eigenvalue weighted by Crippen LogP contribution is 2.23. The largest absolute Gasteiger partial charge is 0.481 e. The van der Waals surface area contributed by atoms with Gasteiger partial charge in [-0.15, -0.1) is 0 Å². The Labute approximate surface area is 124 Å². The van der Waals surface area contributed by atoms with Gasteiger partial charge in [0.2, 0.25) is 5.91 Å². The Kier molecular flexibility index (Phi) is 5.33. The fourth-order valence-electron chi connectivity index (χ4n) is 2.87. The summed E-state index contributed by atoms with van der Waals surface area (Å²) in [6, 6.07) is 9.40. The summed E-state index contributed by atoms with van der Waals surface area (Å²) >= 11 is 0. The van der Waals surface area contributed by atoms with Gasteiger partial charge in [-0.05, 0) is 24.8 Å². The SMILES string of the molecule is NC(CCC(=O)N1CCCC1CC(=O)O)c1ccccc1. The molecule has 0 spiro atoms. The summed E-state index contributed by atoms with van der Waals surface area (Å²) in [4.78, 5) is 24.8. The summed E-state index contributed by atoms with van der Waals surface area (Å²) in [5, 5.41) is 8.88. The summed E-state index contributed by atoms with van der Waals surface area (Å²) < 4.78 is 0. The van der Waals surface area contributed by atoms with E-state index in [0.29, 0.717) is 19.4 Å². The van der Waals surface area contributed by atoms with Crippen LogP contribution >= 0.6 is 0 Å². The zero-order valence-corrected chi connectivity index (χ0v) is 12.1. The van der Waals surface area contributed by atoms with Crippen molar-refractivity contribution in [1.29, 1.82) is 0 Å². The van der Waals surface area contributed by atoms with Crippen LogP contribution in [-0.2, 0) is 9.59 Å². The third-order valence-electron chi connectivity index (χ3n) is 4.00. The van der Waals surface area contributed by atoms with Crippen LogP contribution in [0.4, 0.5) is 0 Å². The van der Waals surface area contributed by atoms with Gasteiger partial charge in [-0.3, -0.25) is 9.59 Å². The lowest BCUT2D eigenvalue weighted by molar-refractivity contribution is -0.139. The molecule has 0 radical (unpaired) electrons. The molecule has 1 amide bonds. The van der Waals surface area contributed by atoms with Crippen LogP contribution in [0.25, 0.3) is 0 Å². The van der Waals surface area contributed by atoms with Crippen molar-refractivity contribution in [1.82, 2.24) is 4.90 Å². The fourth-order valence-corrected chi connectivity index (χ4v) is 2.87. The van der Waals surface area contributed by atoms with Crippen LogP contribution in [-0.4, -0.2) is 34.5 Å². The van der Waals surface area contributed by atoms with E-state index < -0.39 is 5.97 Å². The fraction of sp³-hybridized carbons (Fsp3) is 0.500. The number of hydrogen-bond acceptors (Lipinski definition) is 3. The molecule has 2 atom stereocenters. The molecular weight excluding hydrogens is 268 g/mol. The van der Waals surface area contributed by atoms with Crippen molar-refractivity contribution in [2.45, 2.75) is 44.2 Å². The zero-order valence-electron chi connectivity index (χ0n) is 12.1. The number of hydrogen-bond donors (Lipinski definition) is 2. The minimum atomic E-state index is -0.847. The van der Waals surface area contributed by atoms with Gasteiger partial charge in [-0.2, -0.15) is 0 Å². The molecule has 1 aliphatic rings. The van der Waals surface area contributed by atoms with Crippen LogP contribution < -0.4 is 5.73 Å². The predicted molar refractivity (Wildman–Crippen MR) is 79.6 cm³/mol. The van der Waals surface area contributed by atoms with E-state index in [9.17, 15) is 9.59 Å². The molecular formula is C16H22N2O3. The maximum absolute atomic E-state index is 12.3. The highest BCUT2D eigenvalue weighted by molar-refractivity contribution is 5.78. The first-order valence-corrected chi connectivity index (χ1v) is 7.39. The Morgan fingerprint density at radius 1 is 1.33 bits per heavy atom. The first-order valence-electron chi connectivity index (χ1n) is 7.39. The number of carbonyl (C=O) groups is 2. The van der Waals surface area contributed by atoms with Crippen molar-refractivity contribution in [3.63, 3.8) is 0 Å². The van der Waals surface area contributed by atoms with Crippen molar-refractivity contribution >= 4 is 11.9 Å². The molecule has 0 aliphatic carbocycles. The summed E-state index contributed by atoms with van der Waals surface area (Å²) in [6.45, 7) is 0.664. The smallest absolute Gasteiger partial charge is 0.305 e. The van der Waals surface area contributed by atoms with Gasteiger partial charge in [-0.25, -0.2) is 0 Å². The first kappa shape index (κ1) is 15.5. The second-order valence-corrected chi connectivity index (χ2v) is 5.54. The normalized spacial score (nSPS) is 19.5. The minimum absolute atomic E-state index is 0.0186. The molecule has 0 bridgehead atoms. The number of nitrogens with zero attached hydrogens (tertiary/aromatic N) is 1. The molecule has 114 valence electrons. The molecule has 2 rings (SSSR count). The van der Waals surface area contributed by atoms with E-state index in [2.05, 4.69) is 0 Å². The van der Waals surface area contributed by atoms with Gasteiger partial charge in [0.1, 0.15) is 0 Å². The number of aliphatic carboxylic acids is 1. The molecule has 5 heteroatoms. The molecule has 0 aromatic heterocycles. The molecule has 1 fully saturated rings. The average molecular weight is 290 g/mol. The summed E-state index contributed by atoms with van der Waals surface area (Å²) in [5.41, 5.74) is 7.11. The van der Waals surface area contributed by atoms with Crippen LogP contribution in [0.5, 0.6) is 0 Å². The highest BCUT2D eigenvalue weighted by atomic mass is 16.4. The van der Waals surface area contributed by atoms with Crippen molar-refractivity contribution in [2.24, 2.45) is 5.73 Å². The molecule has 1 heterocycles. The van der Waals surface area contributed by atoms with Gasteiger partial charge in [0, 0.05) is 25.0 Å². The first-order chi connectivity index (χ1) is 10.1. The lowest BCUT2D eigenvalue weighted by Crippen LogP contribution is -2.37. The number of carboxylic acids is 1. The number of likely N-dealkylation sites (tertiary alicyclic amines) is 1. The topological polar surface area (TPSA) is 83.6 Å². The highest BCUT2D eigenvalue weighted by Gasteiger charge is 2.30. The van der Waals surface area contributed by atoms with Gasteiger partial charge in [0.15, 0.2) is 0 Å². The Bertz CT molecular complexity index is 490. The number of carboxylic acid groups (broad SMARTS) is 1. The Morgan fingerprint density at radius 3 is 2.71 bits per heavy atom. The molecule has 1 aromatic rings. The van der Waals surface area contributed by atoms with Gasteiger partial charge < -0.3 is 15.7 Å². The van der Waals surface area contributed by atoms with E-state index in [0.717, 1.165) is 18.4 Å². The quantitative estimate of drug-likeness (QED) is 0.838. The molecule has 1 aromatic carbocycles. The monoisotopic (exact) mass is 290 g/mol. The van der Waals surface area contributed by atoms with E-state index in [1.165, 1.54) is 0 Å². The molecule has 2 unspecified atom stereocenters. The van der Waals surface area contributed by atoms with Gasteiger partial charge in [-0.1, -0.05) is 30.3 Å². The third-order valence-corrected chi connectivity index (χ3v) is 4.00. The van der Waals surface area contributed by atoms with Crippen LogP contribution in [0, 0.1) is 0 Å². The molecule has 1 saturated heterocycles. The third kappa shape index (κ3) is 4.29. The lowest BCUT2D eigenvalue weighted by atomic mass is 10.0. The standard InChI is InChI=1S/C16H22N2O3/c17-14(12-5-2-1-3-6-12)8-9-15(19)18-10-4-7-13(18)11-16(20)21/h1-3,5-6,13-14H,4,7-11,17H2,(H,20,21). The van der Waals surface area contributed by atoms with E-state index in [1.54, 1.807) is 4.90 Å². The number of rotatable bonds is 6. The van der Waals surface area contributed by atoms with Gasteiger partial charge in [0.25, 0.3) is 0 Å². The molecule has 3 N–H and O–H groups in total. The maximum atomic E-state index is 12.3. The number of carbonyl (C=O) groups excluding carboxylic acids is 1. The average Bonchev–Trinajstić information content (AvgIpc) is 2.92. The van der Waals surface area contributed by atoms with Crippen molar-refractivity contribution in [3.05, 3.63) is 35.9 Å². The molecule has 5 nitrogen and oxygen atoms in total. The van der Waals surface area contributed by atoms with Crippen molar-refractivity contribution < 1.29 is 14.7 Å². The van der Waals surface area contributed by atoms with E-state index in [4.69, 9.17) is 10.8 Å². The second-order valence-electron chi connectivity index (χ2n) is 5.54. The van der Waals surface area contributed by atoms with E-state index >= 15 is 0 Å². The summed E-state index contributed by atoms with van der Waals surface area (Å²) in [7, 11) is 0. The number of amides is 1. The second kappa shape index (κ2) is 7.22.